The van der Waals surface area contributed by atoms with Crippen molar-refractivity contribution in [1.82, 2.24) is 0 Å². The van der Waals surface area contributed by atoms with E-state index in [1.165, 1.54) is 21.5 Å². The van der Waals surface area contributed by atoms with Gasteiger partial charge in [0, 0.05) is 57.0 Å². The molecular weight excluding hydrogens is 356 g/mol. The van der Waals surface area contributed by atoms with Crippen molar-refractivity contribution in [1.29, 1.82) is 0 Å². The van der Waals surface area contributed by atoms with Crippen molar-refractivity contribution < 1.29 is 0 Å². The molecule has 0 amide bonds. The molecule has 0 saturated heterocycles. The summed E-state index contributed by atoms with van der Waals surface area (Å²) in [4.78, 5) is 0. The molecule has 4 heteroatoms. The lowest BCUT2D eigenvalue weighted by atomic mass is 10.0. The number of benzene rings is 3. The summed E-state index contributed by atoms with van der Waals surface area (Å²) in [6, 6.07) is 16.6. The van der Waals surface area contributed by atoms with Gasteiger partial charge in [-0.15, -0.1) is 0 Å². The van der Waals surface area contributed by atoms with Gasteiger partial charge in [0.15, 0.2) is 0 Å². The van der Waals surface area contributed by atoms with Crippen molar-refractivity contribution in [2.24, 2.45) is 0 Å². The van der Waals surface area contributed by atoms with E-state index in [1.807, 2.05) is 43.4 Å². The molecule has 29 heavy (non-hydrogen) atoms. The number of nitrogens with one attached hydrogen (secondary N) is 2. The quantitative estimate of drug-likeness (QED) is 0.503. The third kappa shape index (κ3) is 4.65. The molecule has 0 aromatic heterocycles. The molecule has 4 nitrogen and oxygen atoms in total. The zero-order valence-corrected chi connectivity index (χ0v) is 17.6. The van der Waals surface area contributed by atoms with Crippen LogP contribution in [-0.4, -0.2) is 13.1 Å². The van der Waals surface area contributed by atoms with E-state index in [0.717, 1.165) is 41.7 Å². The van der Waals surface area contributed by atoms with Crippen molar-refractivity contribution in [2.75, 3.05) is 29.1 Å². The summed E-state index contributed by atoms with van der Waals surface area (Å²) in [6.45, 7) is 4.40. The number of hydrogen-bond donors (Lipinski definition) is 4. The number of anilines is 4. The first-order valence-corrected chi connectivity index (χ1v) is 10.4. The molecule has 0 spiro atoms. The van der Waals surface area contributed by atoms with Gasteiger partial charge in [0.05, 0.1) is 0 Å². The van der Waals surface area contributed by atoms with Gasteiger partial charge in [0.25, 0.3) is 0 Å². The number of rotatable bonds is 4. The first-order chi connectivity index (χ1) is 14.0. The fraction of sp³-hybridized carbons (Fsp3) is 0.280. The second kappa shape index (κ2) is 9.37. The minimum Gasteiger partial charge on any atom is -0.398 e. The second-order valence-electron chi connectivity index (χ2n) is 7.47. The monoisotopic (exact) mass is 388 g/mol. The number of hydrogen-bond acceptors (Lipinski definition) is 4. The van der Waals surface area contributed by atoms with E-state index < -0.39 is 0 Å². The highest BCUT2D eigenvalue weighted by Gasteiger charge is 2.05. The number of nitrogen functional groups attached to an aromatic ring is 2. The van der Waals surface area contributed by atoms with E-state index in [2.05, 4.69) is 48.8 Å². The summed E-state index contributed by atoms with van der Waals surface area (Å²) in [7, 11) is 1.91. The highest BCUT2D eigenvalue weighted by molar-refractivity contribution is 6.00. The first-order valence-electron chi connectivity index (χ1n) is 10.4. The average Bonchev–Trinajstić information content (AvgIpc) is 2.77. The Balaban J connectivity index is 0.000000169. The van der Waals surface area contributed by atoms with Crippen molar-refractivity contribution in [2.45, 2.75) is 39.2 Å². The molecule has 0 fully saturated rings. The van der Waals surface area contributed by atoms with Crippen LogP contribution in [0.1, 0.15) is 33.1 Å². The lowest BCUT2D eigenvalue weighted by Crippen LogP contribution is -2.33. The maximum atomic E-state index is 5.99. The van der Waals surface area contributed by atoms with Crippen LogP contribution in [0, 0.1) is 0 Å². The van der Waals surface area contributed by atoms with E-state index in [4.69, 9.17) is 11.5 Å². The molecule has 1 aliphatic carbocycles. The summed E-state index contributed by atoms with van der Waals surface area (Å²) in [5, 5.41) is 11.5. The van der Waals surface area contributed by atoms with Gasteiger partial charge < -0.3 is 22.1 Å². The van der Waals surface area contributed by atoms with Gasteiger partial charge in [0.1, 0.15) is 0 Å². The summed E-state index contributed by atoms with van der Waals surface area (Å²) in [6.07, 6.45) is 7.88. The van der Waals surface area contributed by atoms with Gasteiger partial charge in [-0.1, -0.05) is 43.3 Å². The van der Waals surface area contributed by atoms with Crippen LogP contribution in [-0.2, 0) is 0 Å². The Kier molecular flexibility index (Phi) is 6.65. The van der Waals surface area contributed by atoms with Gasteiger partial charge in [-0.2, -0.15) is 0 Å². The Morgan fingerprint density at radius 2 is 1.45 bits per heavy atom. The van der Waals surface area contributed by atoms with E-state index in [-0.39, 0.29) is 0 Å². The molecule has 0 bridgehead atoms. The van der Waals surface area contributed by atoms with Crippen molar-refractivity contribution in [3.63, 3.8) is 0 Å². The van der Waals surface area contributed by atoms with E-state index in [9.17, 15) is 0 Å². The molecule has 4 rings (SSSR count). The molecule has 1 unspecified atom stereocenters. The van der Waals surface area contributed by atoms with Gasteiger partial charge in [0.2, 0.25) is 0 Å². The first kappa shape index (κ1) is 20.6. The predicted octanol–water partition coefficient (Wildman–Crippen LogP) is 4.30. The third-order valence-electron chi connectivity index (χ3n) is 5.43. The minimum atomic E-state index is 0.503. The van der Waals surface area contributed by atoms with Crippen LogP contribution in [0.2, 0.25) is 0 Å². The van der Waals surface area contributed by atoms with Gasteiger partial charge >= 0.3 is 0 Å². The largest absolute Gasteiger partial charge is 0.398 e. The van der Waals surface area contributed by atoms with Crippen LogP contribution in [0.5, 0.6) is 0 Å². The van der Waals surface area contributed by atoms with Gasteiger partial charge in [-0.25, -0.2) is 0 Å². The zero-order valence-electron chi connectivity index (χ0n) is 17.6. The van der Waals surface area contributed by atoms with Crippen LogP contribution >= 0.6 is 0 Å². The van der Waals surface area contributed by atoms with Crippen LogP contribution in [0.3, 0.4) is 0 Å². The maximum Gasteiger partial charge on any atom is 0.0420 e. The lowest BCUT2D eigenvalue weighted by molar-refractivity contribution is 0.763. The number of nitrogens with two attached hydrogens (primary N) is 2. The van der Waals surface area contributed by atoms with Crippen molar-refractivity contribution >= 4 is 45.7 Å². The van der Waals surface area contributed by atoms with Crippen LogP contribution in [0.15, 0.2) is 48.5 Å². The van der Waals surface area contributed by atoms with Gasteiger partial charge in [-0.3, -0.25) is 0 Å². The van der Waals surface area contributed by atoms with E-state index in [0.29, 0.717) is 6.04 Å². The standard InChI is InChI=1S/C14H20N2.C11H12N2/c1-3-10(2)16-14-9-8-13(15)11-6-4-5-7-12(11)14;1-13-11-7-6-10(12)8-4-2-3-5-9(8)11/h6-10,16H,3-5,15H2,1-2H3;2-7,13H,12H2,1H3. The summed E-state index contributed by atoms with van der Waals surface area (Å²) >= 11 is 0. The molecule has 3 aromatic carbocycles. The van der Waals surface area contributed by atoms with E-state index >= 15 is 0 Å². The van der Waals surface area contributed by atoms with Crippen LogP contribution < -0.4 is 32.5 Å². The Labute approximate surface area is 173 Å². The summed E-state index contributed by atoms with van der Waals surface area (Å²) in [5.41, 5.74) is 15.9. The predicted molar refractivity (Wildman–Crippen MR) is 130 cm³/mol. The highest BCUT2D eigenvalue weighted by atomic mass is 14.9. The minimum absolute atomic E-state index is 0.503. The molecule has 0 aliphatic heterocycles. The summed E-state index contributed by atoms with van der Waals surface area (Å²) < 4.78 is 0. The zero-order chi connectivity index (χ0) is 20.8. The fourth-order valence-electron chi connectivity index (χ4n) is 3.59. The molecule has 0 radical (unpaired) electrons. The molecular formula is C25H32N4. The Morgan fingerprint density at radius 1 is 0.828 bits per heavy atom. The SMILES string of the molecule is CCC(C)Nc1ccc(N)c2c1=CCCC=2.CNc1ccc(N)c2ccccc12. The smallest absolute Gasteiger partial charge is 0.0420 e. The Bertz CT molecular complexity index is 1100. The normalized spacial score (nSPS) is 13.2. The summed E-state index contributed by atoms with van der Waals surface area (Å²) in [5.74, 6) is 0. The second-order valence-corrected chi connectivity index (χ2v) is 7.47. The lowest BCUT2D eigenvalue weighted by Gasteiger charge is -2.16. The van der Waals surface area contributed by atoms with E-state index in [1.54, 1.807) is 0 Å². The molecule has 3 aromatic rings. The van der Waals surface area contributed by atoms with Crippen LogP contribution in [0.4, 0.5) is 22.7 Å². The molecule has 6 N–H and O–H groups in total. The highest BCUT2D eigenvalue weighted by Crippen LogP contribution is 2.27. The molecule has 0 saturated carbocycles. The van der Waals surface area contributed by atoms with Crippen LogP contribution in [0.25, 0.3) is 22.9 Å². The van der Waals surface area contributed by atoms with Gasteiger partial charge in [-0.05, 0) is 50.5 Å². The Hall–Kier alpha value is -3.14. The Morgan fingerprint density at radius 3 is 2.14 bits per heavy atom. The molecule has 0 heterocycles. The van der Waals surface area contributed by atoms with Crippen molar-refractivity contribution in [3.05, 3.63) is 59.0 Å². The molecule has 1 aliphatic rings. The maximum absolute atomic E-state index is 5.99. The van der Waals surface area contributed by atoms with Crippen molar-refractivity contribution in [3.8, 4) is 0 Å². The third-order valence-corrected chi connectivity index (χ3v) is 5.43. The molecule has 1 atom stereocenters. The molecule has 152 valence electrons. The average molecular weight is 389 g/mol. The fourth-order valence-corrected chi connectivity index (χ4v) is 3.59. The topological polar surface area (TPSA) is 76.1 Å². The number of fused-ring (bicyclic) bond motifs is 2.